The van der Waals surface area contributed by atoms with E-state index in [2.05, 4.69) is 0 Å². The SMILES string of the molecule is COc1cc(C)c(/C(O)=C2\C(=O)C(=O)N(c3ccc(OC(C)C)cc3)C2c2ccccc2OC)cc1C(C)C. The number of hydrogen-bond acceptors (Lipinski definition) is 6. The fraction of sp³-hybridized carbons (Fsp3) is 0.312. The van der Waals surface area contributed by atoms with Crippen LogP contribution in [0.5, 0.6) is 17.2 Å². The van der Waals surface area contributed by atoms with Crippen molar-refractivity contribution < 1.29 is 28.9 Å². The van der Waals surface area contributed by atoms with Crippen molar-refractivity contribution in [2.45, 2.75) is 52.7 Å². The number of benzene rings is 3. The van der Waals surface area contributed by atoms with E-state index in [1.54, 1.807) is 43.5 Å². The summed E-state index contributed by atoms with van der Waals surface area (Å²) in [6, 6.07) is 16.9. The molecular formula is C32H35NO6. The third-order valence-corrected chi connectivity index (χ3v) is 6.82. The lowest BCUT2D eigenvalue weighted by atomic mass is 9.90. The van der Waals surface area contributed by atoms with Crippen LogP contribution in [-0.2, 0) is 9.59 Å². The lowest BCUT2D eigenvalue weighted by Crippen LogP contribution is -2.29. The van der Waals surface area contributed by atoms with E-state index >= 15 is 0 Å². The summed E-state index contributed by atoms with van der Waals surface area (Å²) in [6.07, 6.45) is -0.0119. The van der Waals surface area contributed by atoms with Gasteiger partial charge in [0.2, 0.25) is 0 Å². The zero-order valence-corrected chi connectivity index (χ0v) is 23.4. The summed E-state index contributed by atoms with van der Waals surface area (Å²) in [6.45, 7) is 9.75. The zero-order chi connectivity index (χ0) is 28.4. The van der Waals surface area contributed by atoms with Gasteiger partial charge in [0.1, 0.15) is 23.0 Å². The number of ketones is 1. The highest BCUT2D eigenvalue weighted by Crippen LogP contribution is 2.46. The zero-order valence-electron chi connectivity index (χ0n) is 23.4. The quantitative estimate of drug-likeness (QED) is 0.202. The van der Waals surface area contributed by atoms with Gasteiger partial charge in [-0.3, -0.25) is 14.5 Å². The van der Waals surface area contributed by atoms with Gasteiger partial charge in [0, 0.05) is 16.8 Å². The van der Waals surface area contributed by atoms with Crippen LogP contribution in [0.4, 0.5) is 5.69 Å². The standard InChI is InChI=1S/C32H35NO6/c1-18(2)24-17-25(20(5)16-27(24)38-7)30(34)28-29(23-10-8-9-11-26(23)37-6)33(32(36)31(28)35)21-12-14-22(15-13-21)39-19(3)4/h8-19,29,34H,1-7H3/b30-28+. The van der Waals surface area contributed by atoms with E-state index in [1.165, 1.54) is 12.0 Å². The summed E-state index contributed by atoms with van der Waals surface area (Å²) in [4.78, 5) is 28.7. The fourth-order valence-corrected chi connectivity index (χ4v) is 4.97. The Morgan fingerprint density at radius 3 is 2.13 bits per heavy atom. The summed E-state index contributed by atoms with van der Waals surface area (Å²) >= 11 is 0. The Bertz CT molecular complexity index is 1420. The molecule has 0 bridgehead atoms. The lowest BCUT2D eigenvalue weighted by Gasteiger charge is -2.27. The molecule has 1 fully saturated rings. The van der Waals surface area contributed by atoms with Crippen LogP contribution in [0.1, 0.15) is 61.9 Å². The van der Waals surface area contributed by atoms with E-state index in [0.717, 1.165) is 5.56 Å². The Labute approximate surface area is 229 Å². The molecule has 3 aromatic rings. The average Bonchev–Trinajstić information content (AvgIpc) is 3.17. The van der Waals surface area contributed by atoms with Crippen molar-refractivity contribution in [1.29, 1.82) is 0 Å². The molecule has 0 spiro atoms. The molecule has 7 heteroatoms. The van der Waals surface area contributed by atoms with E-state index in [1.807, 2.05) is 58.9 Å². The van der Waals surface area contributed by atoms with Crippen LogP contribution in [0.25, 0.3) is 5.76 Å². The second-order valence-electron chi connectivity index (χ2n) is 10.1. The normalized spacial score (nSPS) is 16.7. The molecule has 1 N–H and O–H groups in total. The highest BCUT2D eigenvalue weighted by Gasteiger charge is 2.48. The maximum Gasteiger partial charge on any atom is 0.300 e. The van der Waals surface area contributed by atoms with Crippen molar-refractivity contribution in [2.75, 3.05) is 19.1 Å². The molecule has 0 saturated carbocycles. The first-order valence-electron chi connectivity index (χ1n) is 13.0. The minimum absolute atomic E-state index is 0.00465. The molecule has 0 radical (unpaired) electrons. The molecule has 0 aromatic heterocycles. The molecule has 1 unspecified atom stereocenters. The predicted molar refractivity (Wildman–Crippen MR) is 152 cm³/mol. The molecule has 7 nitrogen and oxygen atoms in total. The number of ether oxygens (including phenoxy) is 3. The molecule has 1 heterocycles. The number of rotatable bonds is 8. The number of nitrogens with zero attached hydrogens (tertiary/aromatic N) is 1. The Balaban J connectivity index is 1.96. The van der Waals surface area contributed by atoms with E-state index in [0.29, 0.717) is 39.6 Å². The van der Waals surface area contributed by atoms with Crippen LogP contribution in [0.2, 0.25) is 0 Å². The van der Waals surface area contributed by atoms with Crippen molar-refractivity contribution in [1.82, 2.24) is 0 Å². The summed E-state index contributed by atoms with van der Waals surface area (Å²) in [5.41, 5.74) is 3.14. The van der Waals surface area contributed by atoms with Gasteiger partial charge in [0.25, 0.3) is 11.7 Å². The third kappa shape index (κ3) is 5.21. The first-order valence-corrected chi connectivity index (χ1v) is 13.0. The molecule has 3 aromatic carbocycles. The van der Waals surface area contributed by atoms with Crippen LogP contribution in [0.3, 0.4) is 0 Å². The molecule has 1 aliphatic rings. The first kappa shape index (κ1) is 27.8. The second-order valence-corrected chi connectivity index (χ2v) is 10.1. The lowest BCUT2D eigenvalue weighted by molar-refractivity contribution is -0.132. The van der Waals surface area contributed by atoms with Crippen LogP contribution in [-0.4, -0.2) is 37.1 Å². The van der Waals surface area contributed by atoms with E-state index < -0.39 is 17.7 Å². The van der Waals surface area contributed by atoms with Crippen molar-refractivity contribution in [3.05, 3.63) is 88.5 Å². The molecule has 204 valence electrons. The number of aliphatic hydroxyl groups is 1. The average molecular weight is 530 g/mol. The summed E-state index contributed by atoms with van der Waals surface area (Å²) in [5, 5.41) is 11.7. The molecular weight excluding hydrogens is 494 g/mol. The Kier molecular flexibility index (Phi) is 8.00. The van der Waals surface area contributed by atoms with Gasteiger partial charge in [0.05, 0.1) is 31.9 Å². The molecule has 4 rings (SSSR count). The monoisotopic (exact) mass is 529 g/mol. The van der Waals surface area contributed by atoms with Crippen molar-refractivity contribution >= 4 is 23.1 Å². The van der Waals surface area contributed by atoms with Gasteiger partial charge in [-0.2, -0.15) is 0 Å². The molecule has 39 heavy (non-hydrogen) atoms. The number of amides is 1. The molecule has 1 atom stereocenters. The number of methoxy groups -OCH3 is 2. The van der Waals surface area contributed by atoms with Gasteiger partial charge < -0.3 is 19.3 Å². The first-order chi connectivity index (χ1) is 18.6. The number of hydrogen-bond donors (Lipinski definition) is 1. The van der Waals surface area contributed by atoms with Gasteiger partial charge in [-0.15, -0.1) is 0 Å². The van der Waals surface area contributed by atoms with Crippen LogP contribution >= 0.6 is 0 Å². The topological polar surface area (TPSA) is 85.3 Å². The third-order valence-electron chi connectivity index (χ3n) is 6.82. The van der Waals surface area contributed by atoms with Crippen LogP contribution < -0.4 is 19.1 Å². The largest absolute Gasteiger partial charge is 0.507 e. The van der Waals surface area contributed by atoms with Gasteiger partial charge in [-0.25, -0.2) is 0 Å². The highest BCUT2D eigenvalue weighted by molar-refractivity contribution is 6.51. The summed E-state index contributed by atoms with van der Waals surface area (Å²) in [5.74, 6) is 0.195. The highest BCUT2D eigenvalue weighted by atomic mass is 16.5. The fourth-order valence-electron chi connectivity index (χ4n) is 4.97. The second kappa shape index (κ2) is 11.2. The van der Waals surface area contributed by atoms with Gasteiger partial charge in [0.15, 0.2) is 0 Å². The molecule has 0 aliphatic carbocycles. The number of carbonyl (C=O) groups is 2. The predicted octanol–water partition coefficient (Wildman–Crippen LogP) is 6.55. The van der Waals surface area contributed by atoms with E-state index in [-0.39, 0.29) is 23.4 Å². The van der Waals surface area contributed by atoms with Crippen molar-refractivity contribution in [3.63, 3.8) is 0 Å². The van der Waals surface area contributed by atoms with E-state index in [9.17, 15) is 14.7 Å². The Morgan fingerprint density at radius 1 is 0.897 bits per heavy atom. The van der Waals surface area contributed by atoms with Gasteiger partial charge in [-0.1, -0.05) is 32.0 Å². The summed E-state index contributed by atoms with van der Waals surface area (Å²) < 4.78 is 16.9. The minimum Gasteiger partial charge on any atom is -0.507 e. The maximum atomic E-state index is 13.7. The number of carbonyl (C=O) groups excluding carboxylic acids is 2. The Hall–Kier alpha value is -4.26. The number of aryl methyl sites for hydroxylation is 1. The Morgan fingerprint density at radius 2 is 1.54 bits per heavy atom. The van der Waals surface area contributed by atoms with Gasteiger partial charge >= 0.3 is 0 Å². The smallest absolute Gasteiger partial charge is 0.300 e. The molecule has 1 saturated heterocycles. The van der Waals surface area contributed by atoms with Crippen molar-refractivity contribution in [2.24, 2.45) is 0 Å². The number of anilines is 1. The maximum absolute atomic E-state index is 13.7. The minimum atomic E-state index is -0.915. The number of para-hydroxylation sites is 1. The molecule has 1 aliphatic heterocycles. The van der Waals surface area contributed by atoms with E-state index in [4.69, 9.17) is 14.2 Å². The van der Waals surface area contributed by atoms with Crippen LogP contribution in [0.15, 0.2) is 66.2 Å². The number of aliphatic hydroxyl groups excluding tert-OH is 1. The van der Waals surface area contributed by atoms with Gasteiger partial charge in [-0.05, 0) is 80.3 Å². The van der Waals surface area contributed by atoms with Crippen molar-refractivity contribution in [3.8, 4) is 17.2 Å². The molecule has 1 amide bonds. The summed E-state index contributed by atoms with van der Waals surface area (Å²) in [7, 11) is 3.14. The number of Topliss-reactive ketones (excluding diaryl/α,β-unsaturated/α-hetero) is 1. The van der Waals surface area contributed by atoms with Crippen LogP contribution in [0, 0.1) is 6.92 Å².